The third-order valence-electron chi connectivity index (χ3n) is 7.45. The lowest BCUT2D eigenvalue weighted by Crippen LogP contribution is -2.34. The maximum atomic E-state index is 3.86. The van der Waals surface area contributed by atoms with Crippen LogP contribution in [-0.4, -0.2) is 9.97 Å². The maximum absolute atomic E-state index is 3.86. The molecule has 2 aromatic heterocycles. The van der Waals surface area contributed by atoms with Gasteiger partial charge in [-0.05, 0) is 53.4 Å². The third-order valence-corrected chi connectivity index (χ3v) is 7.45. The molecular formula is C25H26N2. The Balaban J connectivity index is 1.66. The number of para-hydroxylation sites is 2. The number of hydrogen-bond donors (Lipinski definition) is 2. The molecule has 3 atom stereocenters. The summed E-state index contributed by atoms with van der Waals surface area (Å²) in [6.45, 7) is 5.00. The minimum absolute atomic E-state index is 0.354. The third kappa shape index (κ3) is 2.02. The van der Waals surface area contributed by atoms with E-state index in [1.807, 2.05) is 0 Å². The molecular weight excluding hydrogens is 328 g/mol. The summed E-state index contributed by atoms with van der Waals surface area (Å²) < 4.78 is 0. The molecule has 0 amide bonds. The number of aromatic amines is 2. The Bertz CT molecular complexity index is 1160. The summed E-state index contributed by atoms with van der Waals surface area (Å²) in [5.41, 5.74) is 7.47. The average Bonchev–Trinajstić information content (AvgIpc) is 3.32. The molecule has 1 fully saturated rings. The van der Waals surface area contributed by atoms with Crippen LogP contribution in [0.5, 0.6) is 0 Å². The predicted octanol–water partition coefficient (Wildman–Crippen LogP) is 6.70. The fourth-order valence-electron chi connectivity index (χ4n) is 6.38. The Morgan fingerprint density at radius 2 is 1.67 bits per heavy atom. The lowest BCUT2D eigenvalue weighted by Gasteiger charge is -2.44. The zero-order valence-electron chi connectivity index (χ0n) is 16.0. The van der Waals surface area contributed by atoms with Crippen molar-refractivity contribution < 1.29 is 0 Å². The van der Waals surface area contributed by atoms with Gasteiger partial charge in [-0.1, -0.05) is 56.7 Å². The van der Waals surface area contributed by atoms with E-state index in [2.05, 4.69) is 78.5 Å². The second kappa shape index (κ2) is 5.28. The molecule has 2 aromatic carbocycles. The minimum Gasteiger partial charge on any atom is -0.361 e. The van der Waals surface area contributed by atoms with Crippen molar-refractivity contribution in [1.29, 1.82) is 0 Å². The zero-order valence-corrected chi connectivity index (χ0v) is 16.0. The maximum Gasteiger partial charge on any atom is 0.0459 e. The highest BCUT2D eigenvalue weighted by Crippen LogP contribution is 2.63. The highest BCUT2D eigenvalue weighted by atomic mass is 14.8. The Kier molecular flexibility index (Phi) is 3.05. The Morgan fingerprint density at radius 1 is 0.926 bits per heavy atom. The second-order valence-electron chi connectivity index (χ2n) is 9.28. The number of hydrogen-bond acceptors (Lipinski definition) is 0. The van der Waals surface area contributed by atoms with Crippen LogP contribution >= 0.6 is 0 Å². The first kappa shape index (κ1) is 15.6. The van der Waals surface area contributed by atoms with Crippen LogP contribution in [0.25, 0.3) is 21.8 Å². The first-order chi connectivity index (χ1) is 13.1. The predicted molar refractivity (Wildman–Crippen MR) is 112 cm³/mol. The molecule has 2 N–H and O–H groups in total. The van der Waals surface area contributed by atoms with Crippen molar-refractivity contribution in [1.82, 2.24) is 9.97 Å². The van der Waals surface area contributed by atoms with Crippen LogP contribution in [-0.2, 0) is 0 Å². The van der Waals surface area contributed by atoms with Crippen molar-refractivity contribution in [3.05, 3.63) is 71.5 Å². The van der Waals surface area contributed by atoms with Gasteiger partial charge < -0.3 is 9.97 Å². The van der Waals surface area contributed by atoms with Crippen LogP contribution in [0.4, 0.5) is 0 Å². The SMILES string of the molecule is CC1(C)CCC[C@H]2c3c([nH]c4ccccc34)[C@H](c3c[nH]c4ccccc34)[C@H]21. The van der Waals surface area contributed by atoms with Crippen LogP contribution < -0.4 is 0 Å². The van der Waals surface area contributed by atoms with Crippen molar-refractivity contribution in [2.45, 2.75) is 44.9 Å². The van der Waals surface area contributed by atoms with Crippen molar-refractivity contribution in [3.8, 4) is 0 Å². The van der Waals surface area contributed by atoms with Gasteiger partial charge in [0.2, 0.25) is 0 Å². The van der Waals surface area contributed by atoms with Gasteiger partial charge in [-0.2, -0.15) is 0 Å². The molecule has 6 rings (SSSR count). The number of aromatic nitrogens is 2. The fourth-order valence-corrected chi connectivity index (χ4v) is 6.38. The molecule has 0 unspecified atom stereocenters. The van der Waals surface area contributed by atoms with E-state index >= 15 is 0 Å². The normalized spacial score (nSPS) is 26.4. The lowest BCUT2D eigenvalue weighted by atomic mass is 9.60. The van der Waals surface area contributed by atoms with Gasteiger partial charge in [0.1, 0.15) is 0 Å². The largest absolute Gasteiger partial charge is 0.361 e. The monoisotopic (exact) mass is 354 g/mol. The van der Waals surface area contributed by atoms with E-state index in [0.29, 0.717) is 23.2 Å². The van der Waals surface area contributed by atoms with E-state index in [0.717, 1.165) is 0 Å². The Morgan fingerprint density at radius 3 is 2.52 bits per heavy atom. The second-order valence-corrected chi connectivity index (χ2v) is 9.28. The van der Waals surface area contributed by atoms with Crippen LogP contribution in [0.15, 0.2) is 54.7 Å². The van der Waals surface area contributed by atoms with E-state index in [4.69, 9.17) is 0 Å². The lowest BCUT2D eigenvalue weighted by molar-refractivity contribution is 0.112. The smallest absolute Gasteiger partial charge is 0.0459 e. The molecule has 0 saturated heterocycles. The molecule has 0 spiro atoms. The molecule has 2 aliphatic rings. The molecule has 27 heavy (non-hydrogen) atoms. The number of benzene rings is 2. The summed E-state index contributed by atoms with van der Waals surface area (Å²) in [7, 11) is 0. The highest BCUT2D eigenvalue weighted by Gasteiger charge is 2.52. The number of rotatable bonds is 1. The quantitative estimate of drug-likeness (QED) is 0.381. The molecule has 0 radical (unpaired) electrons. The first-order valence-electron chi connectivity index (χ1n) is 10.3. The van der Waals surface area contributed by atoms with Crippen LogP contribution in [0.1, 0.15) is 61.8 Å². The first-order valence-corrected chi connectivity index (χ1v) is 10.3. The summed E-state index contributed by atoms with van der Waals surface area (Å²) in [5.74, 6) is 1.78. The summed E-state index contributed by atoms with van der Waals surface area (Å²) in [6, 6.07) is 17.7. The van der Waals surface area contributed by atoms with Gasteiger partial charge in [0.05, 0.1) is 0 Å². The molecule has 0 aliphatic heterocycles. The van der Waals surface area contributed by atoms with Crippen molar-refractivity contribution in [3.63, 3.8) is 0 Å². The van der Waals surface area contributed by atoms with Gasteiger partial charge in [0.25, 0.3) is 0 Å². The number of H-pyrrole nitrogens is 2. The van der Waals surface area contributed by atoms with E-state index in [1.165, 1.54) is 52.3 Å². The number of nitrogens with one attached hydrogen (secondary N) is 2. The Hall–Kier alpha value is -2.48. The van der Waals surface area contributed by atoms with Gasteiger partial charge in [-0.15, -0.1) is 0 Å². The fraction of sp³-hybridized carbons (Fsp3) is 0.360. The Labute approximate surface area is 160 Å². The molecule has 2 heteroatoms. The van der Waals surface area contributed by atoms with Crippen LogP contribution in [0, 0.1) is 11.3 Å². The summed E-state index contributed by atoms with van der Waals surface area (Å²) in [6.07, 6.45) is 6.27. The van der Waals surface area contributed by atoms with Gasteiger partial charge in [-0.3, -0.25) is 0 Å². The standard InChI is InChI=1S/C25H26N2/c1-25(2)13-7-10-17-21-16-9-4-6-12-20(16)27-24(21)22(23(17)25)18-14-26-19-11-5-3-8-15(18)19/h3-6,8-9,11-12,14,17,22-23,26-27H,7,10,13H2,1-2H3/t17-,22+,23-/m0/s1. The van der Waals surface area contributed by atoms with Crippen molar-refractivity contribution in [2.24, 2.45) is 11.3 Å². The van der Waals surface area contributed by atoms with Crippen molar-refractivity contribution in [2.75, 3.05) is 0 Å². The van der Waals surface area contributed by atoms with Gasteiger partial charge in [0, 0.05) is 39.6 Å². The van der Waals surface area contributed by atoms with Gasteiger partial charge in [-0.25, -0.2) is 0 Å². The molecule has 2 heterocycles. The highest BCUT2D eigenvalue weighted by molar-refractivity contribution is 5.89. The molecule has 0 bridgehead atoms. The summed E-state index contributed by atoms with van der Waals surface area (Å²) in [5, 5.41) is 2.83. The van der Waals surface area contributed by atoms with E-state index in [1.54, 1.807) is 5.56 Å². The summed E-state index contributed by atoms with van der Waals surface area (Å²) >= 11 is 0. The zero-order chi connectivity index (χ0) is 18.2. The van der Waals surface area contributed by atoms with E-state index < -0.39 is 0 Å². The van der Waals surface area contributed by atoms with Crippen LogP contribution in [0.3, 0.4) is 0 Å². The van der Waals surface area contributed by atoms with E-state index in [9.17, 15) is 0 Å². The average molecular weight is 354 g/mol. The molecule has 4 aromatic rings. The van der Waals surface area contributed by atoms with Gasteiger partial charge >= 0.3 is 0 Å². The molecule has 2 aliphatic carbocycles. The molecule has 1 saturated carbocycles. The van der Waals surface area contributed by atoms with E-state index in [-0.39, 0.29) is 0 Å². The minimum atomic E-state index is 0.354. The number of fused-ring (bicyclic) bond motifs is 6. The topological polar surface area (TPSA) is 31.6 Å². The van der Waals surface area contributed by atoms with Crippen LogP contribution in [0.2, 0.25) is 0 Å². The molecule has 136 valence electrons. The summed E-state index contributed by atoms with van der Waals surface area (Å²) in [4.78, 5) is 7.40. The van der Waals surface area contributed by atoms with Crippen molar-refractivity contribution >= 4 is 21.8 Å². The molecule has 2 nitrogen and oxygen atoms in total. The van der Waals surface area contributed by atoms with Gasteiger partial charge in [0.15, 0.2) is 0 Å².